The van der Waals surface area contributed by atoms with Gasteiger partial charge in [0, 0.05) is 0 Å². The summed E-state index contributed by atoms with van der Waals surface area (Å²) in [7, 11) is 0. The third-order valence-electron chi connectivity index (χ3n) is 7.73. The van der Waals surface area contributed by atoms with Gasteiger partial charge < -0.3 is 14.9 Å². The second-order valence-corrected chi connectivity index (χ2v) is 10.1. The van der Waals surface area contributed by atoms with Crippen molar-refractivity contribution in [2.45, 2.75) is 96.9 Å². The molecule has 23 heavy (non-hydrogen) atoms. The van der Waals surface area contributed by atoms with Gasteiger partial charge in [-0.25, -0.2) is 0 Å². The Morgan fingerprint density at radius 2 is 1.78 bits per heavy atom. The van der Waals surface area contributed by atoms with Crippen LogP contribution in [0.5, 0.6) is 0 Å². The smallest absolute Gasteiger partial charge is 0.109 e. The molecule has 3 nitrogen and oxygen atoms in total. The van der Waals surface area contributed by atoms with Crippen molar-refractivity contribution in [3.8, 4) is 0 Å². The third-order valence-corrected chi connectivity index (χ3v) is 7.73. The van der Waals surface area contributed by atoms with Gasteiger partial charge >= 0.3 is 0 Å². The molecule has 1 heterocycles. The highest BCUT2D eigenvalue weighted by Crippen LogP contribution is 2.63. The molecular formula is C20H36O3. The number of hydrogen-bond donors (Lipinski definition) is 2. The van der Waals surface area contributed by atoms with Gasteiger partial charge in [-0.2, -0.15) is 0 Å². The highest BCUT2D eigenvalue weighted by molar-refractivity contribution is 5.08. The Morgan fingerprint density at radius 3 is 2.39 bits per heavy atom. The predicted octanol–water partition coefficient (Wildman–Crippen LogP) is 3.91. The van der Waals surface area contributed by atoms with Gasteiger partial charge in [0.15, 0.2) is 0 Å². The molecule has 0 bridgehead atoms. The molecule has 2 aliphatic carbocycles. The van der Waals surface area contributed by atoms with E-state index in [-0.39, 0.29) is 17.4 Å². The molecule has 0 unspecified atom stereocenters. The van der Waals surface area contributed by atoms with E-state index in [1.165, 1.54) is 19.3 Å². The summed E-state index contributed by atoms with van der Waals surface area (Å²) in [6.45, 7) is 11.9. The Labute approximate surface area is 141 Å². The number of hydrogen-bond acceptors (Lipinski definition) is 3. The summed E-state index contributed by atoms with van der Waals surface area (Å²) in [6.07, 6.45) is 7.42. The average molecular weight is 325 g/mol. The van der Waals surface area contributed by atoms with Crippen LogP contribution in [-0.2, 0) is 4.74 Å². The van der Waals surface area contributed by atoms with Crippen LogP contribution in [0.1, 0.15) is 79.6 Å². The van der Waals surface area contributed by atoms with Crippen molar-refractivity contribution >= 4 is 0 Å². The first kappa shape index (κ1) is 17.7. The summed E-state index contributed by atoms with van der Waals surface area (Å²) < 4.78 is 5.32. The van der Waals surface area contributed by atoms with Gasteiger partial charge in [-0.1, -0.05) is 27.2 Å². The van der Waals surface area contributed by atoms with E-state index in [1.54, 1.807) is 0 Å². The predicted molar refractivity (Wildman–Crippen MR) is 92.2 cm³/mol. The topological polar surface area (TPSA) is 53.0 Å². The van der Waals surface area contributed by atoms with Gasteiger partial charge in [0.25, 0.3) is 0 Å². The Kier molecular flexibility index (Phi) is 4.18. The van der Waals surface area contributed by atoms with E-state index in [1.807, 2.05) is 13.8 Å². The van der Waals surface area contributed by atoms with Crippen LogP contribution >= 0.6 is 0 Å². The van der Waals surface area contributed by atoms with Crippen LogP contribution in [0.3, 0.4) is 0 Å². The normalized spacial score (nSPS) is 48.4. The van der Waals surface area contributed by atoms with Crippen LogP contribution in [0.2, 0.25) is 0 Å². The van der Waals surface area contributed by atoms with E-state index < -0.39 is 11.2 Å². The third kappa shape index (κ3) is 3.09. The lowest BCUT2D eigenvalue weighted by Gasteiger charge is -2.61. The summed E-state index contributed by atoms with van der Waals surface area (Å²) in [5.74, 6) is 0.939. The fourth-order valence-corrected chi connectivity index (χ4v) is 6.27. The van der Waals surface area contributed by atoms with Crippen molar-refractivity contribution in [1.82, 2.24) is 0 Å². The van der Waals surface area contributed by atoms with Crippen LogP contribution in [0, 0.1) is 22.7 Å². The lowest BCUT2D eigenvalue weighted by atomic mass is 9.45. The number of epoxide rings is 1. The zero-order valence-electron chi connectivity index (χ0n) is 15.7. The molecule has 3 heteroatoms. The first-order valence-electron chi connectivity index (χ1n) is 9.55. The van der Waals surface area contributed by atoms with Crippen molar-refractivity contribution in [2.75, 3.05) is 6.61 Å². The first-order valence-corrected chi connectivity index (χ1v) is 9.55. The molecule has 2 N–H and O–H groups in total. The highest BCUT2D eigenvalue weighted by Gasteiger charge is 2.58. The quantitative estimate of drug-likeness (QED) is 0.771. The zero-order valence-corrected chi connectivity index (χ0v) is 15.7. The molecule has 1 aliphatic heterocycles. The SMILES string of the molecule is CC1(C)CCC[C@]2(C)[C@@H](CC[C@](C)(O)[C@@H]3CO3)[C@](C)(O)CC[C@@H]12. The maximum atomic E-state index is 11.1. The van der Waals surface area contributed by atoms with Gasteiger partial charge in [0.2, 0.25) is 0 Å². The van der Waals surface area contributed by atoms with Crippen molar-refractivity contribution in [1.29, 1.82) is 0 Å². The number of fused-ring (bicyclic) bond motifs is 1. The first-order chi connectivity index (χ1) is 10.5. The average Bonchev–Trinajstić information content (AvgIpc) is 3.20. The molecule has 3 aliphatic rings. The molecule has 6 atom stereocenters. The molecule has 1 saturated heterocycles. The monoisotopic (exact) mass is 324 g/mol. The van der Waals surface area contributed by atoms with Crippen molar-refractivity contribution in [2.24, 2.45) is 22.7 Å². The summed E-state index contributed by atoms with van der Waals surface area (Å²) >= 11 is 0. The lowest BCUT2D eigenvalue weighted by molar-refractivity contribution is -0.173. The Hall–Kier alpha value is -0.120. The minimum atomic E-state index is -0.746. The maximum Gasteiger partial charge on any atom is 0.109 e. The molecular weight excluding hydrogens is 288 g/mol. The van der Waals surface area contributed by atoms with Crippen molar-refractivity contribution < 1.29 is 14.9 Å². The minimum absolute atomic E-state index is 0.00226. The molecule has 2 saturated carbocycles. The Bertz CT molecular complexity index is 450. The summed E-state index contributed by atoms with van der Waals surface area (Å²) in [4.78, 5) is 0. The van der Waals surface area contributed by atoms with Crippen LogP contribution < -0.4 is 0 Å². The molecule has 3 rings (SSSR count). The number of aliphatic hydroxyl groups is 2. The van der Waals surface area contributed by atoms with E-state index in [4.69, 9.17) is 4.74 Å². The molecule has 0 aromatic heterocycles. The maximum absolute atomic E-state index is 11.1. The lowest BCUT2D eigenvalue weighted by Crippen LogP contribution is -2.57. The largest absolute Gasteiger partial charge is 0.390 e. The number of ether oxygens (including phenoxy) is 1. The van der Waals surface area contributed by atoms with Crippen LogP contribution in [0.15, 0.2) is 0 Å². The van der Waals surface area contributed by atoms with Gasteiger partial charge in [0.05, 0.1) is 17.8 Å². The fraction of sp³-hybridized carbons (Fsp3) is 1.00. The molecule has 0 aromatic carbocycles. The summed E-state index contributed by atoms with van der Waals surface area (Å²) in [5.41, 5.74) is -0.809. The summed E-state index contributed by atoms with van der Waals surface area (Å²) in [5, 5.41) is 21.8. The zero-order chi connectivity index (χ0) is 17.1. The second-order valence-electron chi connectivity index (χ2n) is 10.1. The molecule has 0 radical (unpaired) electrons. The van der Waals surface area contributed by atoms with E-state index in [0.29, 0.717) is 17.9 Å². The fourth-order valence-electron chi connectivity index (χ4n) is 6.27. The molecule has 134 valence electrons. The van der Waals surface area contributed by atoms with Gasteiger partial charge in [-0.05, 0) is 75.0 Å². The van der Waals surface area contributed by atoms with Gasteiger partial charge in [0.1, 0.15) is 6.10 Å². The molecule has 0 aromatic rings. The molecule has 0 spiro atoms. The second kappa shape index (κ2) is 5.44. The van der Waals surface area contributed by atoms with E-state index >= 15 is 0 Å². The van der Waals surface area contributed by atoms with E-state index in [0.717, 1.165) is 25.7 Å². The van der Waals surface area contributed by atoms with Crippen molar-refractivity contribution in [3.63, 3.8) is 0 Å². The molecule has 3 fully saturated rings. The van der Waals surface area contributed by atoms with Gasteiger partial charge in [-0.15, -0.1) is 0 Å². The highest BCUT2D eigenvalue weighted by atomic mass is 16.6. The van der Waals surface area contributed by atoms with Crippen LogP contribution in [-0.4, -0.2) is 34.1 Å². The molecule has 0 amide bonds. The van der Waals surface area contributed by atoms with Gasteiger partial charge in [-0.3, -0.25) is 0 Å². The number of rotatable bonds is 4. The Balaban J connectivity index is 1.81. The van der Waals surface area contributed by atoms with E-state index in [2.05, 4.69) is 20.8 Å². The van der Waals surface area contributed by atoms with E-state index in [9.17, 15) is 10.2 Å². The standard InChI is InChI=1S/C20H36O3/c1-17(2)9-6-10-18(3)14(17)7-11-19(4,21)15(18)8-12-20(5,22)16-13-23-16/h14-16,21-22H,6-13H2,1-5H3/t14-,15+,16-,18-,19+,20-/m0/s1. The van der Waals surface area contributed by atoms with Crippen LogP contribution in [0.25, 0.3) is 0 Å². The van der Waals surface area contributed by atoms with Crippen LogP contribution in [0.4, 0.5) is 0 Å². The minimum Gasteiger partial charge on any atom is -0.390 e. The Morgan fingerprint density at radius 1 is 1.13 bits per heavy atom. The van der Waals surface area contributed by atoms with Crippen molar-refractivity contribution in [3.05, 3.63) is 0 Å². The summed E-state index contributed by atoms with van der Waals surface area (Å²) in [6, 6.07) is 0.